The van der Waals surface area contributed by atoms with Gasteiger partial charge in [-0.15, -0.1) is 0 Å². The largest absolute Gasteiger partial charge is 0.256 e. The molecule has 4 rings (SSSR count). The molecule has 25 heavy (non-hydrogen) atoms. The highest BCUT2D eigenvalue weighted by atomic mass is 28.3. The Hall–Kier alpha value is -1.98. The van der Waals surface area contributed by atoms with Crippen molar-refractivity contribution in [3.63, 3.8) is 0 Å². The number of rotatable bonds is 2. The van der Waals surface area contributed by atoms with Crippen molar-refractivity contribution in [1.29, 1.82) is 0 Å². The lowest BCUT2D eigenvalue weighted by Crippen LogP contribution is -2.49. The topological polar surface area (TPSA) is 12.9 Å². The summed E-state index contributed by atoms with van der Waals surface area (Å²) in [7, 11) is -2.89. The van der Waals surface area contributed by atoms with Crippen molar-refractivity contribution in [2.24, 2.45) is 0 Å². The Kier molecular flexibility index (Phi) is 3.64. The zero-order chi connectivity index (χ0) is 17.8. The quantitative estimate of drug-likeness (QED) is 0.628. The molecule has 0 bridgehead atoms. The molecule has 1 nitrogen and oxygen atoms in total. The fourth-order valence-corrected chi connectivity index (χ4v) is 8.15. The van der Waals surface area contributed by atoms with E-state index in [9.17, 15) is 0 Å². The Balaban J connectivity index is 1.88. The highest BCUT2D eigenvalue weighted by molar-refractivity contribution is 7.03. The number of nitrogens with zero attached hydrogens (tertiary/aromatic N) is 1. The first-order valence-corrected chi connectivity index (χ1v) is 15.5. The molecule has 2 heterocycles. The molecule has 1 aliphatic heterocycles. The summed E-state index contributed by atoms with van der Waals surface area (Å²) in [5.41, 5.74) is 5.19. The van der Waals surface area contributed by atoms with Gasteiger partial charge in [-0.05, 0) is 39.7 Å². The first-order chi connectivity index (χ1) is 11.8. The predicted molar refractivity (Wildman–Crippen MR) is 115 cm³/mol. The van der Waals surface area contributed by atoms with Gasteiger partial charge < -0.3 is 0 Å². The molecule has 0 atom stereocenters. The Labute approximate surface area is 152 Å². The van der Waals surface area contributed by atoms with Gasteiger partial charge in [-0.2, -0.15) is 0 Å². The van der Waals surface area contributed by atoms with Gasteiger partial charge in [0.05, 0.1) is 13.8 Å². The third-order valence-corrected chi connectivity index (χ3v) is 11.1. The van der Waals surface area contributed by atoms with E-state index < -0.39 is 16.1 Å². The van der Waals surface area contributed by atoms with E-state index in [1.165, 1.54) is 21.9 Å². The maximum absolute atomic E-state index is 4.67. The number of hydrogen-bond donors (Lipinski definition) is 0. The fourth-order valence-electron chi connectivity index (χ4n) is 3.93. The van der Waals surface area contributed by atoms with Crippen LogP contribution in [0.1, 0.15) is 0 Å². The average Bonchev–Trinajstić information content (AvgIpc) is 2.82. The standard InChI is InChI=1S/C22H25NSi2/c1-24(2,3)17-12-13-23-20(15-17)16-10-11-22-19(14-16)18-8-6-7-9-21(18)25(22,4)5/h6-15H,1-5H3. The molecule has 0 fully saturated rings. The number of fused-ring (bicyclic) bond motifs is 3. The smallest absolute Gasteiger partial charge is 0.113 e. The van der Waals surface area contributed by atoms with Crippen LogP contribution in [0.5, 0.6) is 0 Å². The lowest BCUT2D eigenvalue weighted by atomic mass is 10.0. The van der Waals surface area contributed by atoms with Gasteiger partial charge in [0.1, 0.15) is 8.07 Å². The molecule has 3 heteroatoms. The van der Waals surface area contributed by atoms with Crippen LogP contribution < -0.4 is 15.6 Å². The van der Waals surface area contributed by atoms with Crippen LogP contribution in [0.15, 0.2) is 60.8 Å². The minimum absolute atomic E-state index is 1.10. The van der Waals surface area contributed by atoms with Crippen LogP contribution in [0.2, 0.25) is 32.7 Å². The third kappa shape index (κ3) is 2.62. The van der Waals surface area contributed by atoms with Crippen molar-refractivity contribution in [2.75, 3.05) is 0 Å². The van der Waals surface area contributed by atoms with E-state index in [1.807, 2.05) is 6.20 Å². The molecule has 2 aromatic carbocycles. The van der Waals surface area contributed by atoms with Gasteiger partial charge in [-0.25, -0.2) is 0 Å². The molecule has 0 unspecified atom stereocenters. The van der Waals surface area contributed by atoms with Crippen molar-refractivity contribution < 1.29 is 0 Å². The zero-order valence-electron chi connectivity index (χ0n) is 15.7. The number of aromatic nitrogens is 1. The molecule has 0 radical (unpaired) electrons. The summed E-state index contributed by atoms with van der Waals surface area (Å²) in [5.74, 6) is 0. The summed E-state index contributed by atoms with van der Waals surface area (Å²) in [6, 6.07) is 20.4. The van der Waals surface area contributed by atoms with Crippen LogP contribution in [-0.2, 0) is 0 Å². The summed E-state index contributed by atoms with van der Waals surface area (Å²) < 4.78 is 0. The van der Waals surface area contributed by atoms with E-state index in [2.05, 4.69) is 92.3 Å². The van der Waals surface area contributed by atoms with Gasteiger partial charge in [-0.1, -0.05) is 74.3 Å². The van der Waals surface area contributed by atoms with E-state index >= 15 is 0 Å². The van der Waals surface area contributed by atoms with Gasteiger partial charge in [0.2, 0.25) is 0 Å². The minimum Gasteiger partial charge on any atom is -0.256 e. The molecule has 0 spiro atoms. The first kappa shape index (κ1) is 16.5. The Morgan fingerprint density at radius 1 is 0.800 bits per heavy atom. The summed E-state index contributed by atoms with van der Waals surface area (Å²) in [6.07, 6.45) is 1.97. The molecule has 3 aromatic rings. The summed E-state index contributed by atoms with van der Waals surface area (Å²) >= 11 is 0. The van der Waals surface area contributed by atoms with Gasteiger partial charge in [0.25, 0.3) is 0 Å². The lowest BCUT2D eigenvalue weighted by Gasteiger charge is -2.19. The number of benzene rings is 2. The monoisotopic (exact) mass is 359 g/mol. The van der Waals surface area contributed by atoms with Crippen molar-refractivity contribution in [3.05, 3.63) is 60.8 Å². The maximum Gasteiger partial charge on any atom is 0.113 e. The van der Waals surface area contributed by atoms with Crippen LogP contribution >= 0.6 is 0 Å². The summed E-state index contributed by atoms with van der Waals surface area (Å²) in [5, 5.41) is 4.58. The summed E-state index contributed by atoms with van der Waals surface area (Å²) in [6.45, 7) is 12.1. The van der Waals surface area contributed by atoms with Crippen molar-refractivity contribution >= 4 is 31.7 Å². The molecule has 1 aromatic heterocycles. The van der Waals surface area contributed by atoms with Crippen LogP contribution in [0, 0.1) is 0 Å². The van der Waals surface area contributed by atoms with Crippen LogP contribution in [-0.4, -0.2) is 21.1 Å². The van der Waals surface area contributed by atoms with Crippen LogP contribution in [0.4, 0.5) is 0 Å². The predicted octanol–water partition coefficient (Wildman–Crippen LogP) is 4.10. The molecule has 0 N–H and O–H groups in total. The van der Waals surface area contributed by atoms with Gasteiger partial charge in [0.15, 0.2) is 0 Å². The summed E-state index contributed by atoms with van der Waals surface area (Å²) in [4.78, 5) is 4.67. The number of pyridine rings is 1. The fraction of sp³-hybridized carbons (Fsp3) is 0.227. The van der Waals surface area contributed by atoms with E-state index in [-0.39, 0.29) is 0 Å². The average molecular weight is 360 g/mol. The Morgan fingerprint density at radius 3 is 2.28 bits per heavy atom. The van der Waals surface area contributed by atoms with Gasteiger partial charge in [0, 0.05) is 11.8 Å². The van der Waals surface area contributed by atoms with E-state index in [1.54, 1.807) is 10.4 Å². The second kappa shape index (κ2) is 5.51. The van der Waals surface area contributed by atoms with Crippen LogP contribution in [0.25, 0.3) is 22.4 Å². The first-order valence-electron chi connectivity index (χ1n) is 9.00. The van der Waals surface area contributed by atoms with Gasteiger partial charge in [-0.3, -0.25) is 4.98 Å². The second-order valence-corrected chi connectivity index (χ2v) is 18.0. The Morgan fingerprint density at radius 2 is 1.52 bits per heavy atom. The second-order valence-electron chi connectivity index (χ2n) is 8.61. The molecule has 1 aliphatic rings. The lowest BCUT2D eigenvalue weighted by molar-refractivity contribution is 1.33. The normalized spacial score (nSPS) is 14.9. The van der Waals surface area contributed by atoms with E-state index in [0.717, 1.165) is 5.69 Å². The van der Waals surface area contributed by atoms with E-state index in [4.69, 9.17) is 0 Å². The molecular weight excluding hydrogens is 334 g/mol. The van der Waals surface area contributed by atoms with Gasteiger partial charge >= 0.3 is 0 Å². The highest BCUT2D eigenvalue weighted by Gasteiger charge is 2.37. The number of hydrogen-bond acceptors (Lipinski definition) is 1. The molecule has 0 saturated heterocycles. The molecular formula is C22H25NSi2. The Bertz CT molecular complexity index is 968. The van der Waals surface area contributed by atoms with E-state index in [0.29, 0.717) is 0 Å². The van der Waals surface area contributed by atoms with Crippen LogP contribution in [0.3, 0.4) is 0 Å². The van der Waals surface area contributed by atoms with Crippen molar-refractivity contribution in [1.82, 2.24) is 4.98 Å². The SMILES string of the molecule is C[Si](C)(C)c1ccnc(-c2ccc3c(c2)-c2ccccc2[Si]3(C)C)c1. The zero-order valence-corrected chi connectivity index (χ0v) is 17.7. The van der Waals surface area contributed by atoms with Crippen molar-refractivity contribution in [2.45, 2.75) is 32.7 Å². The highest BCUT2D eigenvalue weighted by Crippen LogP contribution is 2.31. The van der Waals surface area contributed by atoms with Crippen molar-refractivity contribution in [3.8, 4) is 22.4 Å². The molecule has 0 amide bonds. The minimum atomic E-state index is -1.56. The maximum atomic E-state index is 4.67. The molecule has 126 valence electrons. The molecule has 0 aliphatic carbocycles. The molecule has 0 saturated carbocycles. The third-order valence-electron chi connectivity index (χ3n) is 5.51.